The summed E-state index contributed by atoms with van der Waals surface area (Å²) in [5.41, 5.74) is 5.10. The van der Waals surface area contributed by atoms with Gasteiger partial charge in [-0.15, -0.1) is 0 Å². The number of hydrogen-bond acceptors (Lipinski definition) is 8. The number of aliphatic hydroxyl groups is 1. The van der Waals surface area contributed by atoms with E-state index >= 15 is 0 Å². The number of fused-ring (bicyclic) bond motifs is 3. The molecule has 0 bridgehead atoms. The van der Waals surface area contributed by atoms with Crippen LogP contribution in [0.4, 0.5) is 4.79 Å². The summed E-state index contributed by atoms with van der Waals surface area (Å²) in [4.78, 5) is 41.0. The number of carbonyl (C=O) groups is 3. The Bertz CT molecular complexity index is 1810. The molecule has 13 heteroatoms. The number of ether oxygens (including phenoxy) is 2. The SMILES string of the molecule is CO[C@H](c1ccc(O[Si](C)(C)C(C)(C)C)cc1)[C@H](CO)NC(=O)[C@@H](NC(=O)[C@H](C)NC(=O)OCC1c2ccccc2-c2ccccc21)[C@@H](C)O[Si](C)(C)C(C)(C)C. The quantitative estimate of drug-likeness (QED) is 0.106. The van der Waals surface area contributed by atoms with E-state index in [9.17, 15) is 19.5 Å². The van der Waals surface area contributed by atoms with Crippen LogP contribution in [0, 0.1) is 0 Å². The number of alkyl carbamates (subject to hydrolysis) is 1. The largest absolute Gasteiger partial charge is 0.544 e. The fourth-order valence-corrected chi connectivity index (χ4v) is 8.91. The van der Waals surface area contributed by atoms with Gasteiger partial charge in [0.1, 0.15) is 30.5 Å². The molecular formula is C44H65N3O8Si2. The van der Waals surface area contributed by atoms with Crippen LogP contribution in [0.1, 0.15) is 84.1 Å². The Morgan fingerprint density at radius 2 is 1.26 bits per heavy atom. The van der Waals surface area contributed by atoms with E-state index in [2.05, 4.69) is 95.8 Å². The van der Waals surface area contributed by atoms with Gasteiger partial charge in [0, 0.05) is 13.0 Å². The summed E-state index contributed by atoms with van der Waals surface area (Å²) in [5.74, 6) is -0.569. The fourth-order valence-electron chi connectivity index (χ4n) is 6.46. The molecule has 0 heterocycles. The molecular weight excluding hydrogens is 755 g/mol. The van der Waals surface area contributed by atoms with Crippen molar-refractivity contribution in [2.75, 3.05) is 20.3 Å². The fraction of sp³-hybridized carbons (Fsp3) is 0.523. The molecule has 1 aliphatic rings. The predicted molar refractivity (Wildman–Crippen MR) is 230 cm³/mol. The first-order valence-electron chi connectivity index (χ1n) is 19.8. The topological polar surface area (TPSA) is 144 Å². The van der Waals surface area contributed by atoms with E-state index in [-0.39, 0.29) is 22.6 Å². The van der Waals surface area contributed by atoms with Crippen LogP contribution >= 0.6 is 0 Å². The molecule has 0 saturated heterocycles. The molecule has 0 aromatic heterocycles. The molecule has 0 radical (unpaired) electrons. The van der Waals surface area contributed by atoms with Crippen molar-refractivity contribution in [3.63, 3.8) is 0 Å². The van der Waals surface area contributed by atoms with Gasteiger partial charge in [0.25, 0.3) is 0 Å². The number of hydrogen-bond donors (Lipinski definition) is 4. The first-order chi connectivity index (χ1) is 26.5. The number of methoxy groups -OCH3 is 1. The van der Waals surface area contributed by atoms with Crippen molar-refractivity contribution in [3.05, 3.63) is 89.5 Å². The summed E-state index contributed by atoms with van der Waals surface area (Å²) in [6, 6.07) is 20.5. The van der Waals surface area contributed by atoms with Crippen LogP contribution in [0.3, 0.4) is 0 Å². The highest BCUT2D eigenvalue weighted by Gasteiger charge is 2.43. The maximum atomic E-state index is 14.2. The van der Waals surface area contributed by atoms with E-state index in [0.29, 0.717) is 0 Å². The van der Waals surface area contributed by atoms with E-state index in [1.54, 1.807) is 6.92 Å². The van der Waals surface area contributed by atoms with Crippen molar-refractivity contribution in [1.82, 2.24) is 16.0 Å². The molecule has 312 valence electrons. The summed E-state index contributed by atoms with van der Waals surface area (Å²) < 4.78 is 24.6. The van der Waals surface area contributed by atoms with Crippen molar-refractivity contribution in [2.45, 2.75) is 128 Å². The van der Waals surface area contributed by atoms with Crippen LogP contribution in [0.2, 0.25) is 36.3 Å². The monoisotopic (exact) mass is 819 g/mol. The van der Waals surface area contributed by atoms with Crippen LogP contribution in [-0.2, 0) is 23.5 Å². The highest BCUT2D eigenvalue weighted by molar-refractivity contribution is 6.75. The van der Waals surface area contributed by atoms with Crippen LogP contribution in [0.15, 0.2) is 72.8 Å². The standard InChI is InChI=1S/C44H65N3O8Si2/c1-28(45-42(51)53-27-36-34-20-16-14-18-32(34)33-19-15-17-21-35(33)36)40(49)47-38(29(2)54-56(10,11)43(3,4)5)41(50)46-37(26-48)39(52-9)30-22-24-31(25-23-30)55-57(12,13)44(6,7)8/h14-25,28-29,36-39,48H,26-27H2,1-13H3,(H,45,51)(H,46,50)(H,47,49)/t28-,29+,37-,38-,39+/m0/s1. The zero-order valence-electron chi connectivity index (χ0n) is 36.1. The molecule has 4 N–H and O–H groups in total. The summed E-state index contributed by atoms with van der Waals surface area (Å²) in [6.45, 7) is 24.2. The molecule has 57 heavy (non-hydrogen) atoms. The van der Waals surface area contributed by atoms with Crippen molar-refractivity contribution in [1.29, 1.82) is 0 Å². The molecule has 5 atom stereocenters. The van der Waals surface area contributed by atoms with Gasteiger partial charge in [-0.05, 0) is 90.1 Å². The Labute approximate surface area is 341 Å². The molecule has 4 rings (SSSR count). The Morgan fingerprint density at radius 3 is 1.75 bits per heavy atom. The smallest absolute Gasteiger partial charge is 0.407 e. The van der Waals surface area contributed by atoms with Gasteiger partial charge in [-0.25, -0.2) is 4.79 Å². The second-order valence-corrected chi connectivity index (χ2v) is 27.6. The molecule has 0 saturated carbocycles. The van der Waals surface area contributed by atoms with Crippen LogP contribution in [0.25, 0.3) is 11.1 Å². The average Bonchev–Trinajstić information content (AvgIpc) is 3.45. The van der Waals surface area contributed by atoms with Gasteiger partial charge in [0.2, 0.25) is 20.1 Å². The molecule has 11 nitrogen and oxygen atoms in total. The van der Waals surface area contributed by atoms with Gasteiger partial charge in [-0.3, -0.25) is 9.59 Å². The van der Waals surface area contributed by atoms with Gasteiger partial charge >= 0.3 is 6.09 Å². The summed E-state index contributed by atoms with van der Waals surface area (Å²) in [6.07, 6.45) is -2.23. The highest BCUT2D eigenvalue weighted by Crippen LogP contribution is 2.44. The highest BCUT2D eigenvalue weighted by atomic mass is 28.4. The van der Waals surface area contributed by atoms with E-state index < -0.39 is 71.5 Å². The molecule has 3 amide bonds. The van der Waals surface area contributed by atoms with E-state index in [1.807, 2.05) is 60.7 Å². The lowest BCUT2D eigenvalue weighted by Gasteiger charge is -2.40. The predicted octanol–water partition coefficient (Wildman–Crippen LogP) is 8.06. The minimum Gasteiger partial charge on any atom is -0.544 e. The molecule has 3 aromatic carbocycles. The maximum Gasteiger partial charge on any atom is 0.407 e. The third kappa shape index (κ3) is 10.9. The lowest BCUT2D eigenvalue weighted by atomic mass is 9.98. The maximum absolute atomic E-state index is 14.2. The van der Waals surface area contributed by atoms with Gasteiger partial charge in [-0.1, -0.05) is 102 Å². The minimum atomic E-state index is -2.42. The number of aliphatic hydroxyl groups excluding tert-OH is 1. The van der Waals surface area contributed by atoms with Gasteiger partial charge in [0.15, 0.2) is 8.32 Å². The van der Waals surface area contributed by atoms with Crippen LogP contribution in [-0.4, -0.2) is 84.2 Å². The third-order valence-electron chi connectivity index (χ3n) is 11.9. The van der Waals surface area contributed by atoms with Gasteiger partial charge in [0.05, 0.1) is 18.8 Å². The second kappa shape index (κ2) is 18.3. The van der Waals surface area contributed by atoms with Crippen molar-refractivity contribution >= 4 is 34.5 Å². The minimum absolute atomic E-state index is 0.0254. The summed E-state index contributed by atoms with van der Waals surface area (Å²) >= 11 is 0. The number of rotatable bonds is 16. The molecule has 0 unspecified atom stereocenters. The summed E-state index contributed by atoms with van der Waals surface area (Å²) in [5, 5.41) is 18.8. The number of benzene rings is 3. The lowest BCUT2D eigenvalue weighted by Crippen LogP contribution is -2.61. The number of carbonyl (C=O) groups excluding carboxylic acids is 3. The molecule has 0 spiro atoms. The van der Waals surface area contributed by atoms with Crippen LogP contribution in [0.5, 0.6) is 5.75 Å². The molecule has 3 aromatic rings. The van der Waals surface area contributed by atoms with Gasteiger partial charge < -0.3 is 39.4 Å². The van der Waals surface area contributed by atoms with E-state index in [0.717, 1.165) is 33.6 Å². The Hall–Kier alpha value is -4.02. The first kappa shape index (κ1) is 45.7. The Morgan fingerprint density at radius 1 is 0.737 bits per heavy atom. The zero-order valence-corrected chi connectivity index (χ0v) is 38.1. The van der Waals surface area contributed by atoms with Crippen LogP contribution < -0.4 is 20.4 Å². The second-order valence-electron chi connectivity index (χ2n) is 18.1. The van der Waals surface area contributed by atoms with E-state index in [1.165, 1.54) is 14.0 Å². The van der Waals surface area contributed by atoms with Crippen molar-refractivity contribution in [3.8, 4) is 16.9 Å². The Balaban J connectivity index is 1.47. The van der Waals surface area contributed by atoms with Crippen molar-refractivity contribution < 1.29 is 37.8 Å². The third-order valence-corrected chi connectivity index (χ3v) is 20.9. The zero-order chi connectivity index (χ0) is 42.5. The van der Waals surface area contributed by atoms with Gasteiger partial charge in [-0.2, -0.15) is 0 Å². The molecule has 0 aliphatic heterocycles. The first-order valence-corrected chi connectivity index (χ1v) is 25.7. The summed E-state index contributed by atoms with van der Waals surface area (Å²) in [7, 11) is -2.98. The molecule has 1 aliphatic carbocycles. The van der Waals surface area contributed by atoms with Crippen molar-refractivity contribution in [2.24, 2.45) is 0 Å². The number of nitrogens with one attached hydrogen (secondary N) is 3. The van der Waals surface area contributed by atoms with E-state index in [4.69, 9.17) is 18.3 Å². The Kier molecular flexibility index (Phi) is 14.6. The normalized spacial score (nSPS) is 16.0. The lowest BCUT2D eigenvalue weighted by molar-refractivity contribution is -0.133. The molecule has 0 fully saturated rings. The number of amides is 3. The average molecular weight is 820 g/mol.